The Morgan fingerprint density at radius 3 is 2.67 bits per heavy atom. The Balaban J connectivity index is 1.36. The van der Waals surface area contributed by atoms with Gasteiger partial charge in [-0.15, -0.1) is 11.8 Å². The average Bonchev–Trinajstić information content (AvgIpc) is 3.12. The number of thioether (sulfide) groups is 1. The molecule has 0 aromatic heterocycles. The van der Waals surface area contributed by atoms with E-state index in [-0.39, 0.29) is 21.7 Å². The molecule has 5 fully saturated rings. The van der Waals surface area contributed by atoms with Crippen LogP contribution in [0.15, 0.2) is 23.1 Å². The second-order valence-corrected chi connectivity index (χ2v) is 15.6. The third kappa shape index (κ3) is 3.11. The summed E-state index contributed by atoms with van der Waals surface area (Å²) in [7, 11) is 1.73. The summed E-state index contributed by atoms with van der Waals surface area (Å²) in [5.41, 5.74) is 0.194. The van der Waals surface area contributed by atoms with Crippen LogP contribution in [-0.2, 0) is 9.78 Å². The van der Waals surface area contributed by atoms with Crippen LogP contribution in [0.3, 0.4) is 0 Å². The van der Waals surface area contributed by atoms with Crippen LogP contribution in [0.25, 0.3) is 0 Å². The van der Waals surface area contributed by atoms with Gasteiger partial charge in [0.1, 0.15) is 11.4 Å². The van der Waals surface area contributed by atoms with Crippen molar-refractivity contribution in [2.24, 2.45) is 28.6 Å². The molecule has 0 bridgehead atoms. The highest BCUT2D eigenvalue weighted by Crippen LogP contribution is 2.75. The second-order valence-electron chi connectivity index (χ2n) is 14.2. The number of hydrogen-bond donors (Lipinski definition) is 2. The van der Waals surface area contributed by atoms with Gasteiger partial charge in [0.2, 0.25) is 0 Å². The predicted octanol–water partition coefficient (Wildman–Crippen LogP) is 5.86. The highest BCUT2D eigenvalue weighted by molar-refractivity contribution is 8.01. The van der Waals surface area contributed by atoms with E-state index < -0.39 is 11.2 Å². The first-order chi connectivity index (χ1) is 17.0. The zero-order valence-corrected chi connectivity index (χ0v) is 23.0. The molecular formula is C30H42O5S. The monoisotopic (exact) mass is 514 g/mol. The fourth-order valence-electron chi connectivity index (χ4n) is 10.3. The summed E-state index contributed by atoms with van der Waals surface area (Å²) in [5.74, 6) is 2.74. The first kappa shape index (κ1) is 24.3. The van der Waals surface area contributed by atoms with Crippen LogP contribution in [0.1, 0.15) is 90.0 Å². The maximum Gasteiger partial charge on any atom is 0.119 e. The van der Waals surface area contributed by atoms with Gasteiger partial charge < -0.3 is 14.9 Å². The minimum absolute atomic E-state index is 0.0398. The Bertz CT molecular complexity index is 1080. The maximum atomic E-state index is 12.8. The van der Waals surface area contributed by atoms with Crippen molar-refractivity contribution in [3.8, 4) is 5.75 Å². The van der Waals surface area contributed by atoms with E-state index in [0.29, 0.717) is 36.7 Å². The number of methoxy groups -OCH3 is 1. The first-order valence-electron chi connectivity index (χ1n) is 14.1. The van der Waals surface area contributed by atoms with E-state index in [9.17, 15) is 10.2 Å². The molecule has 2 N–H and O–H groups in total. The normalized spacial score (nSPS) is 50.6. The lowest BCUT2D eigenvalue weighted by atomic mass is 9.44. The molecule has 5 nitrogen and oxygen atoms in total. The molecule has 9 atom stereocenters. The van der Waals surface area contributed by atoms with E-state index in [1.54, 1.807) is 7.11 Å². The van der Waals surface area contributed by atoms with E-state index in [2.05, 4.69) is 39.0 Å². The van der Waals surface area contributed by atoms with Crippen molar-refractivity contribution in [2.75, 3.05) is 13.7 Å². The zero-order chi connectivity index (χ0) is 25.1. The standard InChI is InChI=1S/C30H42O5S/c1-26(2)15-28(35-34-17-26)11-12-30-25-20(9-10-29(30,32)16-28)22-7-8-24(31)27(22,3)14-21(25)19-6-5-18(33-4)13-23(19)36-30/h5-6,13,20-22,24-25,31-32H,7-12,14-17H2,1-4H3/t20-,21+,22-,24-,25+,27-,28?,29+,30-/m0/s1. The van der Waals surface area contributed by atoms with Gasteiger partial charge in [0.25, 0.3) is 0 Å². The molecule has 6 heteroatoms. The molecule has 2 heterocycles. The van der Waals surface area contributed by atoms with Crippen LogP contribution in [0.4, 0.5) is 0 Å². The largest absolute Gasteiger partial charge is 0.497 e. The summed E-state index contributed by atoms with van der Waals surface area (Å²) in [6.07, 6.45) is 8.11. The molecule has 4 saturated carbocycles. The van der Waals surface area contributed by atoms with Crippen molar-refractivity contribution in [3.05, 3.63) is 23.8 Å². The van der Waals surface area contributed by atoms with Crippen LogP contribution in [0.5, 0.6) is 5.75 Å². The van der Waals surface area contributed by atoms with Gasteiger partial charge in [-0.2, -0.15) is 0 Å². The van der Waals surface area contributed by atoms with E-state index in [1.165, 1.54) is 10.5 Å². The van der Waals surface area contributed by atoms with Crippen molar-refractivity contribution in [2.45, 2.75) is 111 Å². The van der Waals surface area contributed by atoms with Gasteiger partial charge in [-0.1, -0.05) is 26.8 Å². The lowest BCUT2D eigenvalue weighted by Crippen LogP contribution is -2.71. The molecule has 7 rings (SSSR count). The Morgan fingerprint density at radius 1 is 1.06 bits per heavy atom. The molecule has 6 aliphatic rings. The summed E-state index contributed by atoms with van der Waals surface area (Å²) in [6, 6.07) is 6.58. The number of rotatable bonds is 1. The second kappa shape index (κ2) is 7.65. The van der Waals surface area contributed by atoms with Crippen LogP contribution < -0.4 is 4.74 Å². The Morgan fingerprint density at radius 2 is 1.89 bits per heavy atom. The third-order valence-corrected chi connectivity index (χ3v) is 13.4. The van der Waals surface area contributed by atoms with E-state index in [1.807, 2.05) is 11.8 Å². The first-order valence-corrected chi connectivity index (χ1v) is 14.9. The van der Waals surface area contributed by atoms with Gasteiger partial charge in [-0.25, -0.2) is 9.78 Å². The number of hydrogen-bond acceptors (Lipinski definition) is 6. The number of benzene rings is 1. The number of fused-ring (bicyclic) bond motifs is 4. The summed E-state index contributed by atoms with van der Waals surface area (Å²) < 4.78 is 5.40. The number of aliphatic hydroxyl groups excluding tert-OH is 1. The SMILES string of the molecule is COc1ccc2c(c1)S[C@]13CCC4(CC(C)(C)COO4)C[C@]1(O)CC[C@@H]1[C@@H]3[C@@H]2C[C@]2(C)[C@@H](O)CC[C@@H]12. The Hall–Kier alpha value is -0.790. The number of aliphatic hydroxyl groups is 2. The Labute approximate surface area is 219 Å². The lowest BCUT2D eigenvalue weighted by molar-refractivity contribution is -0.419. The molecule has 36 heavy (non-hydrogen) atoms. The predicted molar refractivity (Wildman–Crippen MR) is 139 cm³/mol. The van der Waals surface area contributed by atoms with E-state index >= 15 is 0 Å². The molecule has 198 valence electrons. The summed E-state index contributed by atoms with van der Waals surface area (Å²) >= 11 is 1.95. The molecule has 2 spiro atoms. The molecule has 1 unspecified atom stereocenters. The molecule has 1 aromatic rings. The molecule has 0 radical (unpaired) electrons. The zero-order valence-electron chi connectivity index (χ0n) is 22.2. The molecule has 1 saturated heterocycles. The summed E-state index contributed by atoms with van der Waals surface area (Å²) in [5, 5.41) is 24.0. The fraction of sp³-hybridized carbons (Fsp3) is 0.800. The molecule has 1 aromatic carbocycles. The van der Waals surface area contributed by atoms with Crippen molar-refractivity contribution in [3.63, 3.8) is 0 Å². The minimum Gasteiger partial charge on any atom is -0.497 e. The van der Waals surface area contributed by atoms with Crippen molar-refractivity contribution >= 4 is 11.8 Å². The van der Waals surface area contributed by atoms with E-state index in [4.69, 9.17) is 14.5 Å². The Kier molecular flexibility index (Phi) is 5.16. The van der Waals surface area contributed by atoms with Gasteiger partial charge >= 0.3 is 0 Å². The lowest BCUT2D eigenvalue weighted by Gasteiger charge is -2.69. The molecular weight excluding hydrogens is 472 g/mol. The minimum atomic E-state index is -0.808. The van der Waals surface area contributed by atoms with Gasteiger partial charge in [0.15, 0.2) is 0 Å². The van der Waals surface area contributed by atoms with Gasteiger partial charge in [-0.05, 0) is 104 Å². The molecule has 4 aliphatic carbocycles. The molecule has 0 amide bonds. The van der Waals surface area contributed by atoms with Gasteiger partial charge in [-0.3, -0.25) is 0 Å². The highest BCUT2D eigenvalue weighted by atomic mass is 32.2. The number of ether oxygens (including phenoxy) is 1. The van der Waals surface area contributed by atoms with Crippen molar-refractivity contribution in [1.82, 2.24) is 0 Å². The summed E-state index contributed by atoms with van der Waals surface area (Å²) in [4.78, 5) is 13.1. The van der Waals surface area contributed by atoms with Gasteiger partial charge in [0, 0.05) is 11.3 Å². The van der Waals surface area contributed by atoms with Crippen LogP contribution in [-0.4, -0.2) is 46.0 Å². The highest BCUT2D eigenvalue weighted by Gasteiger charge is 2.72. The maximum absolute atomic E-state index is 12.8. The van der Waals surface area contributed by atoms with E-state index in [0.717, 1.165) is 57.1 Å². The van der Waals surface area contributed by atoms with Crippen LogP contribution >= 0.6 is 11.8 Å². The van der Waals surface area contributed by atoms with Crippen molar-refractivity contribution in [1.29, 1.82) is 0 Å². The smallest absolute Gasteiger partial charge is 0.119 e. The van der Waals surface area contributed by atoms with Crippen molar-refractivity contribution < 1.29 is 24.7 Å². The van der Waals surface area contributed by atoms with Crippen LogP contribution in [0, 0.1) is 28.6 Å². The quantitative estimate of drug-likeness (QED) is 0.458. The average molecular weight is 515 g/mol. The summed E-state index contributed by atoms with van der Waals surface area (Å²) in [6.45, 7) is 7.47. The van der Waals surface area contributed by atoms with Crippen LogP contribution in [0.2, 0.25) is 0 Å². The molecule has 2 aliphatic heterocycles. The third-order valence-electron chi connectivity index (χ3n) is 11.6. The fourth-order valence-corrected chi connectivity index (χ4v) is 12.2. The topological polar surface area (TPSA) is 68.2 Å². The van der Waals surface area contributed by atoms with Gasteiger partial charge in [0.05, 0.1) is 30.2 Å².